The topological polar surface area (TPSA) is 77.0 Å². The molecule has 0 aliphatic carbocycles. The van der Waals surface area contributed by atoms with Crippen molar-refractivity contribution in [3.63, 3.8) is 0 Å². The first-order chi connectivity index (χ1) is 14.7. The molecule has 0 saturated carbocycles. The Morgan fingerprint density at radius 2 is 1.87 bits per heavy atom. The van der Waals surface area contributed by atoms with E-state index in [9.17, 15) is 4.79 Å². The minimum atomic E-state index is -0.214. The Hall–Kier alpha value is -3.80. The van der Waals surface area contributed by atoms with Gasteiger partial charge in [0.2, 0.25) is 0 Å². The number of rotatable bonds is 7. The van der Waals surface area contributed by atoms with Gasteiger partial charge in [0.1, 0.15) is 11.4 Å². The van der Waals surface area contributed by atoms with E-state index in [-0.39, 0.29) is 5.91 Å². The molecule has 1 amide bonds. The molecule has 150 valence electrons. The van der Waals surface area contributed by atoms with E-state index in [1.54, 1.807) is 36.9 Å². The third kappa shape index (κ3) is 4.60. The first-order valence-corrected chi connectivity index (χ1v) is 9.83. The molecular weight excluding hydrogens is 376 g/mol. The highest BCUT2D eigenvalue weighted by molar-refractivity contribution is 6.00. The highest BCUT2D eigenvalue weighted by Crippen LogP contribution is 2.27. The minimum Gasteiger partial charge on any atom is -0.494 e. The van der Waals surface area contributed by atoms with Gasteiger partial charge in [-0.2, -0.15) is 0 Å². The van der Waals surface area contributed by atoms with E-state index < -0.39 is 0 Å². The molecule has 4 rings (SSSR count). The van der Waals surface area contributed by atoms with Crippen LogP contribution in [0, 0.1) is 6.92 Å². The van der Waals surface area contributed by atoms with Crippen molar-refractivity contribution in [3.8, 4) is 16.9 Å². The van der Waals surface area contributed by atoms with Gasteiger partial charge >= 0.3 is 0 Å². The van der Waals surface area contributed by atoms with Gasteiger partial charge in [0.15, 0.2) is 0 Å². The number of hydrogen-bond acceptors (Lipinski definition) is 5. The maximum atomic E-state index is 12.7. The zero-order chi connectivity index (χ0) is 20.8. The van der Waals surface area contributed by atoms with Crippen LogP contribution in [0.1, 0.15) is 22.5 Å². The average molecular weight is 398 g/mol. The lowest BCUT2D eigenvalue weighted by atomic mass is 10.0. The summed E-state index contributed by atoms with van der Waals surface area (Å²) in [5.41, 5.74) is 4.08. The molecule has 0 aliphatic rings. The van der Waals surface area contributed by atoms with Crippen molar-refractivity contribution >= 4 is 16.8 Å². The van der Waals surface area contributed by atoms with Gasteiger partial charge in [-0.3, -0.25) is 14.8 Å². The van der Waals surface area contributed by atoms with E-state index in [4.69, 9.17) is 4.74 Å². The monoisotopic (exact) mass is 398 g/mol. The Balaban J connectivity index is 1.42. The van der Waals surface area contributed by atoms with E-state index in [0.29, 0.717) is 25.3 Å². The molecule has 6 nitrogen and oxygen atoms in total. The van der Waals surface area contributed by atoms with Crippen LogP contribution in [0.15, 0.2) is 73.3 Å². The van der Waals surface area contributed by atoms with Gasteiger partial charge in [-0.05, 0) is 49.2 Å². The third-order valence-electron chi connectivity index (χ3n) is 4.71. The number of ether oxygens (including phenoxy) is 1. The lowest BCUT2D eigenvalue weighted by molar-refractivity contribution is 0.0947. The van der Waals surface area contributed by atoms with Crippen molar-refractivity contribution in [1.82, 2.24) is 20.3 Å². The van der Waals surface area contributed by atoms with Crippen LogP contribution in [0.2, 0.25) is 0 Å². The van der Waals surface area contributed by atoms with Crippen molar-refractivity contribution in [1.29, 1.82) is 0 Å². The normalized spacial score (nSPS) is 10.7. The molecule has 0 aliphatic heterocycles. The summed E-state index contributed by atoms with van der Waals surface area (Å²) in [7, 11) is 0. The largest absolute Gasteiger partial charge is 0.494 e. The number of benzene rings is 1. The number of hydrogen-bond donors (Lipinski definition) is 1. The van der Waals surface area contributed by atoms with Gasteiger partial charge < -0.3 is 10.1 Å². The molecule has 30 heavy (non-hydrogen) atoms. The molecule has 0 fully saturated rings. The standard InChI is InChI=1S/C24H22N4O2/c1-17-5-7-19(8-6-17)30-13-3-11-27-24(29)23-14-20(18-4-2-10-25-15-18)21-16-26-12-9-22(21)28-23/h2,4-10,12,14-16H,3,11,13H2,1H3,(H,27,29). The molecule has 0 spiro atoms. The Bertz CT molecular complexity index is 1140. The second-order valence-corrected chi connectivity index (χ2v) is 6.96. The summed E-state index contributed by atoms with van der Waals surface area (Å²) in [6, 6.07) is 15.3. The second kappa shape index (κ2) is 9.13. The summed E-state index contributed by atoms with van der Waals surface area (Å²) >= 11 is 0. The lowest BCUT2D eigenvalue weighted by Crippen LogP contribution is -2.26. The van der Waals surface area contributed by atoms with Crippen molar-refractivity contribution in [3.05, 3.63) is 84.6 Å². The van der Waals surface area contributed by atoms with Gasteiger partial charge in [-0.15, -0.1) is 0 Å². The van der Waals surface area contributed by atoms with Gasteiger partial charge in [0.05, 0.1) is 12.1 Å². The molecule has 0 atom stereocenters. The summed E-state index contributed by atoms with van der Waals surface area (Å²) in [6.07, 6.45) is 7.62. The molecule has 6 heteroatoms. The Kier molecular flexibility index (Phi) is 5.94. The fourth-order valence-electron chi connectivity index (χ4n) is 3.14. The summed E-state index contributed by atoms with van der Waals surface area (Å²) < 4.78 is 5.70. The summed E-state index contributed by atoms with van der Waals surface area (Å²) in [4.78, 5) is 25.6. The van der Waals surface area contributed by atoms with Gasteiger partial charge in [-0.1, -0.05) is 23.8 Å². The fourth-order valence-corrected chi connectivity index (χ4v) is 3.14. The maximum Gasteiger partial charge on any atom is 0.269 e. The molecular formula is C24H22N4O2. The van der Waals surface area contributed by atoms with Crippen molar-refractivity contribution in [2.75, 3.05) is 13.2 Å². The Morgan fingerprint density at radius 3 is 2.67 bits per heavy atom. The zero-order valence-corrected chi connectivity index (χ0v) is 16.7. The number of aromatic nitrogens is 3. The molecule has 1 aromatic carbocycles. The lowest BCUT2D eigenvalue weighted by Gasteiger charge is -2.10. The van der Waals surface area contributed by atoms with Crippen LogP contribution in [0.25, 0.3) is 22.0 Å². The first-order valence-electron chi connectivity index (χ1n) is 9.83. The molecule has 0 bridgehead atoms. The number of nitrogens with one attached hydrogen (secondary N) is 1. The predicted octanol–water partition coefficient (Wildman–Crippen LogP) is 4.20. The zero-order valence-electron chi connectivity index (χ0n) is 16.7. The number of carbonyl (C=O) groups excluding carboxylic acids is 1. The van der Waals surface area contributed by atoms with Crippen LogP contribution in [-0.2, 0) is 0 Å². The van der Waals surface area contributed by atoms with Crippen LogP contribution in [0.3, 0.4) is 0 Å². The number of pyridine rings is 3. The van der Waals surface area contributed by atoms with Crippen LogP contribution < -0.4 is 10.1 Å². The van der Waals surface area contributed by atoms with Crippen molar-refractivity contribution in [2.24, 2.45) is 0 Å². The maximum absolute atomic E-state index is 12.7. The number of amides is 1. The Morgan fingerprint density at radius 1 is 1.03 bits per heavy atom. The summed E-state index contributed by atoms with van der Waals surface area (Å²) in [5.74, 6) is 0.618. The molecule has 4 aromatic rings. The minimum absolute atomic E-state index is 0.214. The Labute approximate surface area is 175 Å². The molecule has 3 heterocycles. The highest BCUT2D eigenvalue weighted by atomic mass is 16.5. The van der Waals surface area contributed by atoms with Gasteiger partial charge in [0.25, 0.3) is 5.91 Å². The van der Waals surface area contributed by atoms with E-state index in [0.717, 1.165) is 27.8 Å². The van der Waals surface area contributed by atoms with Gasteiger partial charge in [-0.25, -0.2) is 4.98 Å². The predicted molar refractivity (Wildman–Crippen MR) is 116 cm³/mol. The number of fused-ring (bicyclic) bond motifs is 1. The second-order valence-electron chi connectivity index (χ2n) is 6.96. The van der Waals surface area contributed by atoms with Crippen LogP contribution in [0.4, 0.5) is 0 Å². The van der Waals surface area contributed by atoms with E-state index in [1.807, 2.05) is 43.3 Å². The average Bonchev–Trinajstić information content (AvgIpc) is 2.79. The van der Waals surface area contributed by atoms with E-state index >= 15 is 0 Å². The number of carbonyl (C=O) groups is 1. The van der Waals surface area contributed by atoms with Crippen molar-refractivity contribution in [2.45, 2.75) is 13.3 Å². The van der Waals surface area contributed by atoms with E-state index in [1.165, 1.54) is 5.56 Å². The SMILES string of the molecule is Cc1ccc(OCCCNC(=O)c2cc(-c3cccnc3)c3cnccc3n2)cc1. The van der Waals surface area contributed by atoms with Crippen LogP contribution >= 0.6 is 0 Å². The van der Waals surface area contributed by atoms with Crippen LogP contribution in [0.5, 0.6) is 5.75 Å². The van der Waals surface area contributed by atoms with Gasteiger partial charge in [0, 0.05) is 42.3 Å². The number of nitrogens with zero attached hydrogens (tertiary/aromatic N) is 3. The molecule has 3 aromatic heterocycles. The van der Waals surface area contributed by atoms with E-state index in [2.05, 4.69) is 20.3 Å². The molecule has 0 radical (unpaired) electrons. The fraction of sp³-hybridized carbons (Fsp3) is 0.167. The molecule has 1 N–H and O–H groups in total. The third-order valence-corrected chi connectivity index (χ3v) is 4.71. The van der Waals surface area contributed by atoms with Crippen molar-refractivity contribution < 1.29 is 9.53 Å². The summed E-state index contributed by atoms with van der Waals surface area (Å²) in [6.45, 7) is 3.07. The number of aryl methyl sites for hydroxylation is 1. The van der Waals surface area contributed by atoms with Crippen LogP contribution in [-0.4, -0.2) is 34.0 Å². The first kappa shape index (κ1) is 19.5. The summed E-state index contributed by atoms with van der Waals surface area (Å²) in [5, 5.41) is 3.81. The smallest absolute Gasteiger partial charge is 0.269 e. The molecule has 0 saturated heterocycles. The highest BCUT2D eigenvalue weighted by Gasteiger charge is 2.13. The molecule has 0 unspecified atom stereocenters. The quantitative estimate of drug-likeness (QED) is 0.472.